The molecular weight excluding hydrogens is 458 g/mol. The van der Waals surface area contributed by atoms with Crippen LogP contribution in [0.25, 0.3) is 10.9 Å². The van der Waals surface area contributed by atoms with Crippen molar-refractivity contribution in [1.82, 2.24) is 4.98 Å². The third kappa shape index (κ3) is 5.18. The highest BCUT2D eigenvalue weighted by atomic mass is 32.1. The Morgan fingerprint density at radius 1 is 0.943 bits per heavy atom. The molecule has 0 spiro atoms. The lowest BCUT2D eigenvalue weighted by Gasteiger charge is -2.14. The van der Waals surface area contributed by atoms with Crippen LogP contribution in [0.1, 0.15) is 44.1 Å². The van der Waals surface area contributed by atoms with E-state index in [9.17, 15) is 4.79 Å². The van der Waals surface area contributed by atoms with Gasteiger partial charge in [0.25, 0.3) is 0 Å². The highest BCUT2D eigenvalue weighted by Crippen LogP contribution is 2.50. The largest absolute Gasteiger partial charge is 0.493 e. The van der Waals surface area contributed by atoms with Gasteiger partial charge in [0.2, 0.25) is 0 Å². The molecule has 6 heteroatoms. The van der Waals surface area contributed by atoms with Crippen molar-refractivity contribution in [1.29, 1.82) is 0 Å². The molecule has 2 aliphatic rings. The van der Waals surface area contributed by atoms with Gasteiger partial charge in [0.05, 0.1) is 19.7 Å². The van der Waals surface area contributed by atoms with E-state index in [1.54, 1.807) is 20.4 Å². The van der Waals surface area contributed by atoms with Crippen LogP contribution in [0.5, 0.6) is 23.0 Å². The number of ketones is 1. The minimum absolute atomic E-state index is 0.315. The average Bonchev–Trinajstić information content (AvgIpc) is 3.43. The van der Waals surface area contributed by atoms with Gasteiger partial charge in [0.15, 0.2) is 11.5 Å². The molecule has 5 nitrogen and oxygen atoms in total. The van der Waals surface area contributed by atoms with Gasteiger partial charge in [-0.05, 0) is 73.3 Å². The molecule has 2 aliphatic carbocycles. The summed E-state index contributed by atoms with van der Waals surface area (Å²) in [5, 5.41) is 0.838. The minimum Gasteiger partial charge on any atom is -0.493 e. The van der Waals surface area contributed by atoms with E-state index < -0.39 is 0 Å². The predicted octanol–water partition coefficient (Wildman–Crippen LogP) is 6.74. The van der Waals surface area contributed by atoms with Crippen LogP contribution in [0.3, 0.4) is 0 Å². The number of pyridine rings is 1. The van der Waals surface area contributed by atoms with E-state index in [1.807, 2.05) is 42.5 Å². The normalized spacial score (nSPS) is 20.7. The zero-order valence-electron chi connectivity index (χ0n) is 20.3. The molecule has 0 aliphatic heterocycles. The molecule has 0 atom stereocenters. The molecule has 3 aromatic rings. The summed E-state index contributed by atoms with van der Waals surface area (Å²) < 4.78 is 17.0. The van der Waals surface area contributed by atoms with Crippen molar-refractivity contribution in [2.45, 2.75) is 44.9 Å². The molecular formula is C29H31NO4S. The number of nitrogens with zero attached hydrogens (tertiary/aromatic N) is 1. The number of rotatable bonds is 10. The third-order valence-corrected chi connectivity index (χ3v) is 7.93. The van der Waals surface area contributed by atoms with Crippen molar-refractivity contribution in [2.24, 2.45) is 17.8 Å². The lowest BCUT2D eigenvalue weighted by Crippen LogP contribution is -2.16. The molecule has 5 rings (SSSR count). The lowest BCUT2D eigenvalue weighted by atomic mass is 9.90. The molecule has 2 aromatic carbocycles. The fourth-order valence-corrected chi connectivity index (χ4v) is 6.23. The number of fused-ring (bicyclic) bond motifs is 3. The Hall–Kier alpha value is -2.99. The van der Waals surface area contributed by atoms with Crippen molar-refractivity contribution in [3.63, 3.8) is 0 Å². The van der Waals surface area contributed by atoms with Crippen LogP contribution in [-0.2, 0) is 11.2 Å². The van der Waals surface area contributed by atoms with Crippen molar-refractivity contribution in [2.75, 3.05) is 14.2 Å². The molecule has 1 aromatic heterocycles. The fraction of sp³-hybridized carbons (Fsp3) is 0.414. The summed E-state index contributed by atoms with van der Waals surface area (Å²) >= 11 is 5.58. The average molecular weight is 490 g/mol. The Morgan fingerprint density at radius 2 is 1.60 bits per heavy atom. The number of hydrogen-bond donors (Lipinski definition) is 0. The van der Waals surface area contributed by atoms with Crippen molar-refractivity contribution < 1.29 is 19.0 Å². The highest BCUT2D eigenvalue weighted by molar-refractivity contribution is 7.80. The van der Waals surface area contributed by atoms with Gasteiger partial charge < -0.3 is 14.2 Å². The van der Waals surface area contributed by atoms with Crippen LogP contribution in [-0.4, -0.2) is 29.9 Å². The molecule has 0 unspecified atom stereocenters. The molecule has 2 bridgehead atoms. The number of Topliss-reactive ketones (excluding diaryl/α,β-unsaturated/α-hetero) is 1. The molecule has 0 radical (unpaired) electrons. The number of aromatic nitrogens is 1. The Balaban J connectivity index is 1.20. The summed E-state index contributed by atoms with van der Waals surface area (Å²) in [6.45, 7) is 0. The second-order valence-corrected chi connectivity index (χ2v) is 10.3. The second kappa shape index (κ2) is 10.3. The standard InChI is InChI=1S/C29H31NO4S/c1-32-28-16-25-26(17-29(28)33-2)30-12-11-27(25)34-22-9-3-18(4-10-22)13-23(35)14-21(31)15-24-19-5-6-20(24)8-7-19/h3-4,9-12,16-17,19-20,24H,5-8,13-15H2,1-2H3. The van der Waals surface area contributed by atoms with E-state index in [4.69, 9.17) is 26.4 Å². The monoisotopic (exact) mass is 489 g/mol. The molecule has 0 amide bonds. The van der Waals surface area contributed by atoms with Gasteiger partial charge >= 0.3 is 0 Å². The Labute approximate surface area is 211 Å². The minimum atomic E-state index is 0.315. The zero-order valence-corrected chi connectivity index (χ0v) is 21.1. The van der Waals surface area contributed by atoms with Gasteiger partial charge in [-0.25, -0.2) is 0 Å². The first-order chi connectivity index (χ1) is 17.0. The summed E-state index contributed by atoms with van der Waals surface area (Å²) in [6, 6.07) is 13.4. The van der Waals surface area contributed by atoms with E-state index in [2.05, 4.69) is 4.98 Å². The molecule has 35 heavy (non-hydrogen) atoms. The molecule has 2 fully saturated rings. The smallest absolute Gasteiger partial charge is 0.162 e. The highest BCUT2D eigenvalue weighted by Gasteiger charge is 2.42. The van der Waals surface area contributed by atoms with Crippen LogP contribution in [0.15, 0.2) is 48.7 Å². The van der Waals surface area contributed by atoms with Crippen molar-refractivity contribution in [3.05, 3.63) is 54.2 Å². The van der Waals surface area contributed by atoms with Crippen LogP contribution >= 0.6 is 12.2 Å². The quantitative estimate of drug-likeness (QED) is 0.294. The number of carbonyl (C=O) groups is 1. The van der Waals surface area contributed by atoms with Crippen LogP contribution in [0.4, 0.5) is 0 Å². The zero-order chi connectivity index (χ0) is 24.4. The number of benzene rings is 2. The van der Waals surface area contributed by atoms with E-state index >= 15 is 0 Å². The topological polar surface area (TPSA) is 57.7 Å². The number of hydrogen-bond acceptors (Lipinski definition) is 6. The SMILES string of the molecule is COc1cc2nccc(Oc3ccc(CC(=S)CC(=O)CC4C5CCC4CC5)cc3)c2cc1OC. The Morgan fingerprint density at radius 3 is 2.26 bits per heavy atom. The first kappa shape index (κ1) is 23.7. The number of carbonyl (C=O) groups excluding carboxylic acids is 1. The summed E-state index contributed by atoms with van der Waals surface area (Å²) in [6.07, 6.45) is 8.75. The third-order valence-electron chi connectivity index (χ3n) is 7.64. The maximum Gasteiger partial charge on any atom is 0.162 e. The van der Waals surface area contributed by atoms with E-state index in [1.165, 1.54) is 25.7 Å². The summed E-state index contributed by atoms with van der Waals surface area (Å²) in [5.41, 5.74) is 1.85. The number of methoxy groups -OCH3 is 2. The molecule has 0 saturated heterocycles. The van der Waals surface area contributed by atoms with Gasteiger partial charge in [-0.15, -0.1) is 0 Å². The number of thiocarbonyl (C=S) groups is 1. The van der Waals surface area contributed by atoms with Gasteiger partial charge in [0.1, 0.15) is 17.3 Å². The van der Waals surface area contributed by atoms with Gasteiger partial charge in [-0.3, -0.25) is 9.78 Å². The van der Waals surface area contributed by atoms with E-state index in [0.717, 1.165) is 45.3 Å². The van der Waals surface area contributed by atoms with E-state index in [0.29, 0.717) is 41.8 Å². The predicted molar refractivity (Wildman–Crippen MR) is 141 cm³/mol. The molecule has 182 valence electrons. The number of ether oxygens (including phenoxy) is 3. The lowest BCUT2D eigenvalue weighted by molar-refractivity contribution is -0.119. The van der Waals surface area contributed by atoms with Crippen LogP contribution in [0, 0.1) is 17.8 Å². The van der Waals surface area contributed by atoms with Crippen molar-refractivity contribution in [3.8, 4) is 23.0 Å². The molecule has 2 saturated carbocycles. The van der Waals surface area contributed by atoms with Crippen LogP contribution < -0.4 is 14.2 Å². The Bertz CT molecular complexity index is 1220. The summed E-state index contributed by atoms with van der Waals surface area (Å²) in [7, 11) is 3.21. The maximum atomic E-state index is 12.6. The van der Waals surface area contributed by atoms with Gasteiger partial charge in [0, 0.05) is 41.8 Å². The fourth-order valence-electron chi connectivity index (χ4n) is 5.90. The van der Waals surface area contributed by atoms with Gasteiger partial charge in [-0.2, -0.15) is 0 Å². The second-order valence-electron chi connectivity index (χ2n) is 9.75. The molecule has 0 N–H and O–H groups in total. The van der Waals surface area contributed by atoms with Crippen LogP contribution in [0.2, 0.25) is 0 Å². The summed E-state index contributed by atoms with van der Waals surface area (Å²) in [5.74, 6) is 5.15. The van der Waals surface area contributed by atoms with E-state index in [-0.39, 0.29) is 0 Å². The first-order valence-electron chi connectivity index (χ1n) is 12.3. The maximum absolute atomic E-state index is 12.6. The molecule has 1 heterocycles. The Kier molecular flexibility index (Phi) is 7.00. The van der Waals surface area contributed by atoms with Crippen molar-refractivity contribution >= 4 is 33.8 Å². The first-order valence-corrected chi connectivity index (χ1v) is 12.8. The summed E-state index contributed by atoms with van der Waals surface area (Å²) in [4.78, 5) is 17.9. The van der Waals surface area contributed by atoms with Gasteiger partial charge in [-0.1, -0.05) is 24.4 Å².